The van der Waals surface area contributed by atoms with E-state index in [2.05, 4.69) is 39.1 Å². The first-order chi connectivity index (χ1) is 15.6. The van der Waals surface area contributed by atoms with E-state index < -0.39 is 5.82 Å². The fourth-order valence-electron chi connectivity index (χ4n) is 4.79. The Morgan fingerprint density at radius 3 is 2.34 bits per heavy atom. The summed E-state index contributed by atoms with van der Waals surface area (Å²) in [5.74, 6) is 1.53. The highest BCUT2D eigenvalue weighted by molar-refractivity contribution is 5.98. The first-order valence-corrected chi connectivity index (χ1v) is 11.0. The molecular weight excluding hydrogens is 405 g/mol. The molecule has 164 valence electrons. The number of fused-ring (bicyclic) bond motifs is 1. The van der Waals surface area contributed by atoms with Gasteiger partial charge in [0.05, 0.1) is 24.3 Å². The highest BCUT2D eigenvalue weighted by atomic mass is 19.1. The summed E-state index contributed by atoms with van der Waals surface area (Å²) in [7, 11) is 1.85. The third kappa shape index (κ3) is 3.79. The van der Waals surface area contributed by atoms with Crippen LogP contribution >= 0.6 is 0 Å². The van der Waals surface area contributed by atoms with Gasteiger partial charge in [-0.3, -0.25) is 4.79 Å². The molecule has 2 aliphatic rings. The number of piperidine rings is 1. The number of nitrogens with zero attached hydrogens (tertiary/aromatic N) is 5. The summed E-state index contributed by atoms with van der Waals surface area (Å²) >= 11 is 0. The van der Waals surface area contributed by atoms with Crippen LogP contribution in [0.5, 0.6) is 0 Å². The zero-order valence-corrected chi connectivity index (χ0v) is 18.1. The predicted octanol–water partition coefficient (Wildman–Crippen LogP) is 3.98. The molecule has 5 rings (SSSR count). The quantitative estimate of drug-likeness (QED) is 0.628. The van der Waals surface area contributed by atoms with Crippen molar-refractivity contribution in [2.45, 2.75) is 25.3 Å². The number of amides is 1. The van der Waals surface area contributed by atoms with Crippen LogP contribution in [-0.2, 0) is 11.3 Å². The number of hydrogen-bond acceptors (Lipinski definition) is 5. The van der Waals surface area contributed by atoms with Crippen molar-refractivity contribution in [1.82, 2.24) is 9.97 Å². The summed E-state index contributed by atoms with van der Waals surface area (Å²) in [4.78, 5) is 27.7. The average molecular weight is 432 g/mol. The molecule has 0 bridgehead atoms. The number of carbonyl (C=O) groups is 1. The third-order valence-electron chi connectivity index (χ3n) is 6.46. The summed E-state index contributed by atoms with van der Waals surface area (Å²) < 4.78 is 14.6. The van der Waals surface area contributed by atoms with Crippen LogP contribution in [0, 0.1) is 5.82 Å². The predicted molar refractivity (Wildman–Crippen MR) is 124 cm³/mol. The number of likely N-dealkylation sites (N-methyl/N-ethyl adjacent to an activating group) is 1. The molecule has 1 amide bonds. The lowest BCUT2D eigenvalue weighted by Crippen LogP contribution is -2.36. The maximum Gasteiger partial charge on any atom is 0.246 e. The van der Waals surface area contributed by atoms with E-state index in [0.29, 0.717) is 5.92 Å². The molecule has 32 heavy (non-hydrogen) atoms. The van der Waals surface area contributed by atoms with E-state index in [9.17, 15) is 9.18 Å². The van der Waals surface area contributed by atoms with E-state index in [1.807, 2.05) is 18.0 Å². The smallest absolute Gasteiger partial charge is 0.246 e. The molecule has 0 unspecified atom stereocenters. The standard InChI is InChI=1S/C25H26FN5O/c1-29-16-23(32)31(22-10-6-5-9-21(22)26)15-20-24(29)27-17-28-25(20)30-13-11-19(12-14-30)18-7-3-2-4-8-18/h2-10,17,19H,11-16H2,1H3. The summed E-state index contributed by atoms with van der Waals surface area (Å²) in [5, 5.41) is 0. The minimum Gasteiger partial charge on any atom is -0.356 e. The molecule has 1 aromatic heterocycles. The Bertz CT molecular complexity index is 1110. The van der Waals surface area contributed by atoms with Crippen molar-refractivity contribution in [3.05, 3.63) is 77.9 Å². The van der Waals surface area contributed by atoms with Gasteiger partial charge in [-0.1, -0.05) is 42.5 Å². The molecule has 2 aliphatic heterocycles. The second-order valence-electron chi connectivity index (χ2n) is 8.46. The number of para-hydroxylation sites is 1. The Morgan fingerprint density at radius 1 is 0.906 bits per heavy atom. The monoisotopic (exact) mass is 431 g/mol. The molecule has 3 aromatic rings. The Kier molecular flexibility index (Phi) is 5.47. The Hall–Kier alpha value is -3.48. The van der Waals surface area contributed by atoms with Gasteiger partial charge in [0, 0.05) is 20.1 Å². The lowest BCUT2D eigenvalue weighted by molar-refractivity contribution is -0.117. The van der Waals surface area contributed by atoms with Gasteiger partial charge >= 0.3 is 0 Å². The molecule has 2 aromatic carbocycles. The van der Waals surface area contributed by atoms with Gasteiger partial charge in [0.2, 0.25) is 5.91 Å². The van der Waals surface area contributed by atoms with Gasteiger partial charge in [0.25, 0.3) is 0 Å². The number of halogens is 1. The normalized spacial score (nSPS) is 17.3. The Balaban J connectivity index is 1.45. The molecule has 0 saturated carbocycles. The largest absolute Gasteiger partial charge is 0.356 e. The van der Waals surface area contributed by atoms with Gasteiger partial charge < -0.3 is 14.7 Å². The molecule has 0 N–H and O–H groups in total. The lowest BCUT2D eigenvalue weighted by atomic mass is 9.89. The van der Waals surface area contributed by atoms with Crippen molar-refractivity contribution in [3.8, 4) is 0 Å². The van der Waals surface area contributed by atoms with E-state index >= 15 is 0 Å². The van der Waals surface area contributed by atoms with E-state index in [1.54, 1.807) is 24.5 Å². The minimum atomic E-state index is -0.408. The lowest BCUT2D eigenvalue weighted by Gasteiger charge is -2.34. The van der Waals surface area contributed by atoms with E-state index in [0.717, 1.165) is 43.1 Å². The first kappa shape index (κ1) is 20.4. The molecule has 0 aliphatic carbocycles. The zero-order chi connectivity index (χ0) is 22.1. The fourth-order valence-corrected chi connectivity index (χ4v) is 4.79. The summed E-state index contributed by atoms with van der Waals surface area (Å²) in [6.07, 6.45) is 3.64. The molecule has 6 nitrogen and oxygen atoms in total. The van der Waals surface area contributed by atoms with E-state index in [4.69, 9.17) is 0 Å². The second kappa shape index (κ2) is 8.57. The van der Waals surface area contributed by atoms with Crippen molar-refractivity contribution >= 4 is 23.2 Å². The topological polar surface area (TPSA) is 52.6 Å². The molecule has 3 heterocycles. The molecule has 7 heteroatoms. The van der Waals surface area contributed by atoms with Gasteiger partial charge in [0.1, 0.15) is 23.8 Å². The number of carbonyl (C=O) groups excluding carboxylic acids is 1. The Morgan fingerprint density at radius 2 is 1.59 bits per heavy atom. The van der Waals surface area contributed by atoms with Crippen molar-refractivity contribution < 1.29 is 9.18 Å². The summed E-state index contributed by atoms with van der Waals surface area (Å²) in [6, 6.07) is 17.0. The Labute approximate surface area is 187 Å². The number of aromatic nitrogens is 2. The maximum atomic E-state index is 14.6. The minimum absolute atomic E-state index is 0.133. The molecule has 0 radical (unpaired) electrons. The van der Waals surface area contributed by atoms with Crippen LogP contribution in [0.4, 0.5) is 21.7 Å². The van der Waals surface area contributed by atoms with Gasteiger partial charge in [-0.2, -0.15) is 0 Å². The highest BCUT2D eigenvalue weighted by Crippen LogP contribution is 2.35. The summed E-state index contributed by atoms with van der Waals surface area (Å²) in [6.45, 7) is 2.13. The second-order valence-corrected chi connectivity index (χ2v) is 8.46. The van der Waals surface area contributed by atoms with E-state index in [-0.39, 0.29) is 24.7 Å². The van der Waals surface area contributed by atoms with Crippen LogP contribution in [0.1, 0.15) is 29.9 Å². The summed E-state index contributed by atoms with van der Waals surface area (Å²) in [5.41, 5.74) is 2.53. The van der Waals surface area contributed by atoms with Gasteiger partial charge in [0.15, 0.2) is 0 Å². The number of hydrogen-bond donors (Lipinski definition) is 0. The number of rotatable bonds is 3. The van der Waals surface area contributed by atoms with Gasteiger partial charge in [-0.15, -0.1) is 0 Å². The van der Waals surface area contributed by atoms with Crippen molar-refractivity contribution in [2.24, 2.45) is 0 Å². The van der Waals surface area contributed by atoms with Crippen LogP contribution in [0.15, 0.2) is 60.9 Å². The van der Waals surface area contributed by atoms with Crippen molar-refractivity contribution in [3.63, 3.8) is 0 Å². The van der Waals surface area contributed by atoms with Crippen LogP contribution in [0.2, 0.25) is 0 Å². The van der Waals surface area contributed by atoms with E-state index in [1.165, 1.54) is 16.5 Å². The first-order valence-electron chi connectivity index (χ1n) is 11.0. The maximum absolute atomic E-state index is 14.6. The molecule has 1 fully saturated rings. The molecular formula is C25H26FN5O. The number of anilines is 3. The van der Waals surface area contributed by atoms with Gasteiger partial charge in [-0.25, -0.2) is 14.4 Å². The molecule has 1 saturated heterocycles. The molecule has 0 spiro atoms. The van der Waals surface area contributed by atoms with Crippen LogP contribution in [-0.4, -0.2) is 42.6 Å². The van der Waals surface area contributed by atoms with Crippen LogP contribution in [0.25, 0.3) is 0 Å². The van der Waals surface area contributed by atoms with Crippen molar-refractivity contribution in [1.29, 1.82) is 0 Å². The van der Waals surface area contributed by atoms with Gasteiger partial charge in [-0.05, 0) is 36.5 Å². The fraction of sp³-hybridized carbons (Fsp3) is 0.320. The average Bonchev–Trinajstić information content (AvgIpc) is 2.96. The van der Waals surface area contributed by atoms with Crippen LogP contribution in [0.3, 0.4) is 0 Å². The zero-order valence-electron chi connectivity index (χ0n) is 18.1. The SMILES string of the molecule is CN1CC(=O)N(c2ccccc2F)Cc2c1ncnc2N1CCC(c2ccccc2)CC1. The van der Waals surface area contributed by atoms with Crippen LogP contribution < -0.4 is 14.7 Å². The third-order valence-corrected chi connectivity index (χ3v) is 6.46. The number of benzene rings is 2. The highest BCUT2D eigenvalue weighted by Gasteiger charge is 2.31. The molecule has 0 atom stereocenters. The van der Waals surface area contributed by atoms with Crippen molar-refractivity contribution in [2.75, 3.05) is 41.4 Å².